The summed E-state index contributed by atoms with van der Waals surface area (Å²) in [6, 6.07) is 38.1. The predicted molar refractivity (Wildman–Crippen MR) is 174 cm³/mol. The van der Waals surface area contributed by atoms with E-state index in [9.17, 15) is 4.79 Å². The molecule has 1 amide bonds. The molecule has 0 aliphatic heterocycles. The molecule has 0 saturated carbocycles. The van der Waals surface area contributed by atoms with Gasteiger partial charge in [-0.05, 0) is 94.5 Å². The molecule has 4 aromatic carbocycles. The number of carbonyl (C=O) groups excluding carboxylic acids is 1. The molecule has 2 aromatic heterocycles. The van der Waals surface area contributed by atoms with Gasteiger partial charge in [0, 0.05) is 40.5 Å². The van der Waals surface area contributed by atoms with E-state index >= 15 is 0 Å². The second-order valence-electron chi connectivity index (χ2n) is 11.6. The molecule has 210 valence electrons. The van der Waals surface area contributed by atoms with Gasteiger partial charge in [0.15, 0.2) is 0 Å². The molecular formula is C39H33N3O. The van der Waals surface area contributed by atoms with Crippen LogP contribution in [-0.2, 0) is 12.8 Å². The molecular weight excluding hydrogens is 526 g/mol. The molecule has 1 aliphatic rings. The highest BCUT2D eigenvalue weighted by Crippen LogP contribution is 2.50. The van der Waals surface area contributed by atoms with Crippen LogP contribution in [0.5, 0.6) is 0 Å². The van der Waals surface area contributed by atoms with Crippen LogP contribution in [0.4, 0.5) is 0 Å². The Morgan fingerprint density at radius 1 is 0.814 bits per heavy atom. The second-order valence-corrected chi connectivity index (χ2v) is 11.6. The molecule has 2 atom stereocenters. The van der Waals surface area contributed by atoms with E-state index in [0.29, 0.717) is 5.56 Å². The second kappa shape index (κ2) is 11.3. The Balaban J connectivity index is 1.21. The maximum atomic E-state index is 12.4. The first-order valence-corrected chi connectivity index (χ1v) is 15.0. The number of amides is 1. The van der Waals surface area contributed by atoms with Crippen molar-refractivity contribution in [1.82, 2.24) is 9.97 Å². The Bertz CT molecular complexity index is 1960. The van der Waals surface area contributed by atoms with Gasteiger partial charge in [0.25, 0.3) is 0 Å². The third-order valence-electron chi connectivity index (χ3n) is 8.85. The molecule has 2 unspecified atom stereocenters. The number of aryl methyl sites for hydroxylation is 1. The summed E-state index contributed by atoms with van der Waals surface area (Å²) in [7, 11) is 0. The fourth-order valence-corrected chi connectivity index (χ4v) is 6.78. The van der Waals surface area contributed by atoms with E-state index in [4.69, 9.17) is 10.7 Å². The number of fused-ring (bicyclic) bond motifs is 4. The number of nitrogens with two attached hydrogens (primary N) is 1. The number of nitrogens with zero attached hydrogens (tertiary/aromatic N) is 2. The smallest absolute Gasteiger partial charge is 0.248 e. The first-order valence-electron chi connectivity index (χ1n) is 15.0. The third kappa shape index (κ3) is 5.10. The molecule has 0 bridgehead atoms. The van der Waals surface area contributed by atoms with Crippen molar-refractivity contribution >= 4 is 16.8 Å². The normalized spacial score (nSPS) is 14.3. The van der Waals surface area contributed by atoms with Crippen molar-refractivity contribution in [3.8, 4) is 22.3 Å². The topological polar surface area (TPSA) is 68.9 Å². The molecule has 4 nitrogen and oxygen atoms in total. The monoisotopic (exact) mass is 559 g/mol. The average Bonchev–Trinajstić information content (AvgIpc) is 3.37. The van der Waals surface area contributed by atoms with Gasteiger partial charge in [0.05, 0.1) is 5.52 Å². The number of rotatable bonds is 8. The Hall–Kier alpha value is -5.09. The summed E-state index contributed by atoms with van der Waals surface area (Å²) in [5.74, 6) is 0.0111. The maximum absolute atomic E-state index is 12.4. The zero-order valence-electron chi connectivity index (χ0n) is 24.2. The van der Waals surface area contributed by atoms with Gasteiger partial charge in [-0.3, -0.25) is 14.8 Å². The number of primary amides is 1. The van der Waals surface area contributed by atoms with Gasteiger partial charge in [-0.2, -0.15) is 0 Å². The van der Waals surface area contributed by atoms with Crippen molar-refractivity contribution in [2.45, 2.75) is 38.0 Å². The minimum absolute atomic E-state index is 0.114. The lowest BCUT2D eigenvalue weighted by Crippen LogP contribution is -2.16. The quantitative estimate of drug-likeness (QED) is 0.203. The van der Waals surface area contributed by atoms with Crippen LogP contribution >= 0.6 is 0 Å². The minimum atomic E-state index is -0.385. The van der Waals surface area contributed by atoms with Crippen LogP contribution in [0.3, 0.4) is 0 Å². The van der Waals surface area contributed by atoms with Crippen molar-refractivity contribution in [1.29, 1.82) is 0 Å². The summed E-state index contributed by atoms with van der Waals surface area (Å²) < 4.78 is 0. The lowest BCUT2D eigenvalue weighted by atomic mass is 9.86. The van der Waals surface area contributed by atoms with Gasteiger partial charge in [-0.1, -0.05) is 85.8 Å². The van der Waals surface area contributed by atoms with Crippen molar-refractivity contribution in [3.63, 3.8) is 0 Å². The van der Waals surface area contributed by atoms with Gasteiger partial charge in [-0.25, -0.2) is 0 Å². The zero-order valence-corrected chi connectivity index (χ0v) is 24.2. The fraction of sp³-hybridized carbons (Fsp3) is 0.154. The largest absolute Gasteiger partial charge is 0.366 e. The van der Waals surface area contributed by atoms with E-state index in [1.54, 1.807) is 0 Å². The van der Waals surface area contributed by atoms with Crippen LogP contribution in [0.2, 0.25) is 0 Å². The van der Waals surface area contributed by atoms with Gasteiger partial charge in [0.2, 0.25) is 5.91 Å². The Morgan fingerprint density at radius 3 is 2.47 bits per heavy atom. The van der Waals surface area contributed by atoms with Crippen LogP contribution in [0.1, 0.15) is 63.5 Å². The number of pyridine rings is 2. The Morgan fingerprint density at radius 2 is 1.60 bits per heavy atom. The lowest BCUT2D eigenvalue weighted by Gasteiger charge is -2.18. The molecule has 2 N–H and O–H groups in total. The number of para-hydroxylation sites is 1. The predicted octanol–water partition coefficient (Wildman–Crippen LogP) is 8.49. The van der Waals surface area contributed by atoms with E-state index in [-0.39, 0.29) is 17.7 Å². The third-order valence-corrected chi connectivity index (χ3v) is 8.85. The average molecular weight is 560 g/mol. The van der Waals surface area contributed by atoms with Crippen molar-refractivity contribution in [2.24, 2.45) is 5.73 Å². The van der Waals surface area contributed by atoms with Gasteiger partial charge in [-0.15, -0.1) is 0 Å². The van der Waals surface area contributed by atoms with Crippen LogP contribution < -0.4 is 5.73 Å². The SMILES string of the molecule is CC(Cc1ccccn1)c1cc(CCC2c3ccccc3-c3c(-c4cnc5ccccc5c4)cccc32)ccc1C(N)=O. The maximum Gasteiger partial charge on any atom is 0.248 e. The van der Waals surface area contributed by atoms with Crippen LogP contribution in [0.25, 0.3) is 33.2 Å². The van der Waals surface area contributed by atoms with Crippen molar-refractivity contribution in [2.75, 3.05) is 0 Å². The molecule has 43 heavy (non-hydrogen) atoms. The summed E-state index contributed by atoms with van der Waals surface area (Å²) in [6.45, 7) is 2.15. The van der Waals surface area contributed by atoms with E-state index in [0.717, 1.165) is 47.0 Å². The lowest BCUT2D eigenvalue weighted by molar-refractivity contribution is 0.0999. The molecule has 1 aliphatic carbocycles. The molecule has 0 saturated heterocycles. The van der Waals surface area contributed by atoms with Gasteiger partial charge < -0.3 is 5.73 Å². The summed E-state index contributed by atoms with van der Waals surface area (Å²) in [5.41, 5.74) is 18.3. The van der Waals surface area contributed by atoms with E-state index < -0.39 is 0 Å². The number of hydrogen-bond acceptors (Lipinski definition) is 3. The zero-order chi connectivity index (χ0) is 29.3. The number of carbonyl (C=O) groups is 1. The molecule has 0 radical (unpaired) electrons. The van der Waals surface area contributed by atoms with Crippen molar-refractivity contribution < 1.29 is 4.79 Å². The number of hydrogen-bond donors (Lipinski definition) is 1. The Labute approximate surface area is 252 Å². The molecule has 0 fully saturated rings. The van der Waals surface area contributed by atoms with Crippen LogP contribution in [-0.4, -0.2) is 15.9 Å². The van der Waals surface area contributed by atoms with E-state index in [1.807, 2.05) is 42.7 Å². The highest BCUT2D eigenvalue weighted by molar-refractivity contribution is 5.95. The molecule has 4 heteroatoms. The number of aromatic nitrogens is 2. The Kier molecular flexibility index (Phi) is 7.04. The first-order chi connectivity index (χ1) is 21.1. The summed E-state index contributed by atoms with van der Waals surface area (Å²) >= 11 is 0. The molecule has 2 heterocycles. The summed E-state index contributed by atoms with van der Waals surface area (Å²) in [5, 5.41) is 1.15. The highest BCUT2D eigenvalue weighted by Gasteiger charge is 2.30. The van der Waals surface area contributed by atoms with Gasteiger partial charge >= 0.3 is 0 Å². The molecule has 0 spiro atoms. The van der Waals surface area contributed by atoms with E-state index in [2.05, 4.69) is 90.8 Å². The van der Waals surface area contributed by atoms with Crippen LogP contribution in [0.15, 0.2) is 122 Å². The first kappa shape index (κ1) is 26.8. The summed E-state index contributed by atoms with van der Waals surface area (Å²) in [4.78, 5) is 21.6. The van der Waals surface area contributed by atoms with Gasteiger partial charge in [0.1, 0.15) is 0 Å². The number of benzene rings is 4. The van der Waals surface area contributed by atoms with Crippen molar-refractivity contribution in [3.05, 3.63) is 155 Å². The highest BCUT2D eigenvalue weighted by atomic mass is 16.1. The fourth-order valence-electron chi connectivity index (χ4n) is 6.78. The molecule has 6 aromatic rings. The van der Waals surface area contributed by atoms with Crippen LogP contribution in [0, 0.1) is 0 Å². The standard InChI is InChI=1S/C39H33N3O/c1-25(21-29-10-6-7-20-41-29)36-22-26(17-19-35(36)39(40)43)16-18-32-31-11-3-4-12-33(31)38-30(13-8-14-34(32)38)28-23-27-9-2-5-15-37(27)42-24-28/h2-15,17,19-20,22-25,32H,16,18,21H2,1H3,(H2,40,43). The molecule has 7 rings (SSSR count). The van der Waals surface area contributed by atoms with E-state index in [1.165, 1.54) is 33.4 Å². The minimum Gasteiger partial charge on any atom is -0.366 e. The summed E-state index contributed by atoms with van der Waals surface area (Å²) in [6.07, 6.45) is 6.42.